The number of likely N-dealkylation sites (tertiary alicyclic amines) is 1. The topological polar surface area (TPSA) is 71.5 Å². The van der Waals surface area contributed by atoms with E-state index in [2.05, 4.69) is 10.3 Å². The zero-order valence-corrected chi connectivity index (χ0v) is 15.6. The number of hydrogen-bond acceptors (Lipinski definition) is 4. The Morgan fingerprint density at radius 3 is 2.63 bits per heavy atom. The molecule has 1 aromatic heterocycles. The molecule has 3 rings (SSSR count). The van der Waals surface area contributed by atoms with Crippen molar-refractivity contribution in [2.24, 2.45) is 5.92 Å². The molecule has 0 saturated carbocycles. The van der Waals surface area contributed by atoms with Gasteiger partial charge in [0.15, 0.2) is 0 Å². The van der Waals surface area contributed by atoms with Crippen LogP contribution in [0.2, 0.25) is 0 Å². The fraction of sp³-hybridized carbons (Fsp3) is 0.381. The number of hydrogen-bond donors (Lipinski definition) is 1. The van der Waals surface area contributed by atoms with E-state index in [4.69, 9.17) is 4.74 Å². The first-order valence-electron chi connectivity index (χ1n) is 9.28. The third kappa shape index (κ3) is 5.54. The number of pyridine rings is 1. The molecule has 1 aliphatic heterocycles. The summed E-state index contributed by atoms with van der Waals surface area (Å²) < 4.78 is 5.72. The molecule has 27 heavy (non-hydrogen) atoms. The molecule has 1 aromatic carbocycles. The highest BCUT2D eigenvalue weighted by Gasteiger charge is 2.24. The number of ether oxygens (including phenoxy) is 1. The van der Waals surface area contributed by atoms with Crippen LogP contribution < -0.4 is 10.1 Å². The molecule has 1 fully saturated rings. The number of rotatable bonds is 6. The summed E-state index contributed by atoms with van der Waals surface area (Å²) in [6.07, 6.45) is 3.40. The van der Waals surface area contributed by atoms with Gasteiger partial charge in [-0.2, -0.15) is 0 Å². The van der Waals surface area contributed by atoms with E-state index in [1.54, 1.807) is 18.3 Å². The lowest BCUT2D eigenvalue weighted by molar-refractivity contribution is -0.119. The summed E-state index contributed by atoms with van der Waals surface area (Å²) in [5.41, 5.74) is 1.64. The number of aromatic nitrogens is 1. The van der Waals surface area contributed by atoms with Crippen LogP contribution in [0.15, 0.2) is 48.7 Å². The van der Waals surface area contributed by atoms with Gasteiger partial charge in [-0.3, -0.25) is 9.59 Å². The molecular weight excluding hydrogens is 342 g/mol. The average Bonchev–Trinajstić information content (AvgIpc) is 2.71. The van der Waals surface area contributed by atoms with Crippen LogP contribution in [0.25, 0.3) is 0 Å². The van der Waals surface area contributed by atoms with Crippen molar-refractivity contribution in [1.29, 1.82) is 0 Å². The third-order valence-electron chi connectivity index (χ3n) is 4.75. The van der Waals surface area contributed by atoms with E-state index >= 15 is 0 Å². The van der Waals surface area contributed by atoms with Crippen LogP contribution in [0, 0.1) is 5.92 Å². The van der Waals surface area contributed by atoms with Crippen LogP contribution in [-0.4, -0.2) is 41.3 Å². The van der Waals surface area contributed by atoms with Crippen molar-refractivity contribution in [3.63, 3.8) is 0 Å². The largest absolute Gasteiger partial charge is 0.473 e. The van der Waals surface area contributed by atoms with Crippen molar-refractivity contribution in [3.8, 4) is 5.88 Å². The first-order chi connectivity index (χ1) is 13.1. The smallest absolute Gasteiger partial charge is 0.254 e. The van der Waals surface area contributed by atoms with E-state index in [-0.39, 0.29) is 11.8 Å². The van der Waals surface area contributed by atoms with Gasteiger partial charge in [-0.05, 0) is 30.4 Å². The van der Waals surface area contributed by atoms with Gasteiger partial charge in [0.25, 0.3) is 5.91 Å². The zero-order valence-electron chi connectivity index (χ0n) is 15.6. The van der Waals surface area contributed by atoms with Crippen molar-refractivity contribution >= 4 is 11.8 Å². The van der Waals surface area contributed by atoms with Gasteiger partial charge in [0.05, 0.1) is 0 Å². The Bertz CT molecular complexity index is 771. The molecule has 0 bridgehead atoms. The van der Waals surface area contributed by atoms with Crippen LogP contribution in [0.1, 0.15) is 35.7 Å². The number of nitrogens with zero attached hydrogens (tertiary/aromatic N) is 2. The van der Waals surface area contributed by atoms with Gasteiger partial charge in [-0.25, -0.2) is 4.98 Å². The number of carbonyl (C=O) groups is 2. The standard InChI is InChI=1S/C21H25N3O3/c1-16(25)23-14-17-8-11-24(12-9-17)21(26)19-7-10-22-20(13-19)27-15-18-5-3-2-4-6-18/h2-7,10,13,17H,8-9,11-12,14-15H2,1H3,(H,23,25). The number of amides is 2. The van der Waals surface area contributed by atoms with Gasteiger partial charge in [0.1, 0.15) is 6.61 Å². The van der Waals surface area contributed by atoms with E-state index in [1.165, 1.54) is 6.92 Å². The summed E-state index contributed by atoms with van der Waals surface area (Å²) in [4.78, 5) is 29.9. The monoisotopic (exact) mass is 367 g/mol. The maximum absolute atomic E-state index is 12.8. The second-order valence-corrected chi connectivity index (χ2v) is 6.83. The van der Waals surface area contributed by atoms with Crippen molar-refractivity contribution in [2.45, 2.75) is 26.4 Å². The predicted molar refractivity (Wildman–Crippen MR) is 102 cm³/mol. The lowest BCUT2D eigenvalue weighted by Crippen LogP contribution is -2.41. The molecule has 1 N–H and O–H groups in total. The van der Waals surface area contributed by atoms with Crippen LogP contribution in [-0.2, 0) is 11.4 Å². The number of benzene rings is 1. The highest BCUT2D eigenvalue weighted by molar-refractivity contribution is 5.94. The summed E-state index contributed by atoms with van der Waals surface area (Å²) in [7, 11) is 0. The minimum absolute atomic E-state index is 0.0000572. The van der Waals surface area contributed by atoms with Crippen molar-refractivity contribution in [2.75, 3.05) is 19.6 Å². The number of carbonyl (C=O) groups excluding carboxylic acids is 2. The first kappa shape index (κ1) is 18.9. The Morgan fingerprint density at radius 2 is 1.93 bits per heavy atom. The maximum Gasteiger partial charge on any atom is 0.254 e. The van der Waals surface area contributed by atoms with Gasteiger partial charge in [-0.15, -0.1) is 0 Å². The Balaban J connectivity index is 1.54. The molecule has 2 amide bonds. The summed E-state index contributed by atoms with van der Waals surface area (Å²) in [6.45, 7) is 4.03. The summed E-state index contributed by atoms with van der Waals surface area (Å²) in [5.74, 6) is 0.874. The fourth-order valence-electron chi connectivity index (χ4n) is 3.16. The molecule has 0 spiro atoms. The molecule has 0 unspecified atom stereocenters. The van der Waals surface area contributed by atoms with E-state index in [1.807, 2.05) is 35.2 Å². The molecule has 6 heteroatoms. The Labute approximate surface area is 159 Å². The van der Waals surface area contributed by atoms with Gasteiger partial charge in [-0.1, -0.05) is 30.3 Å². The van der Waals surface area contributed by atoms with Gasteiger partial charge < -0.3 is 15.0 Å². The van der Waals surface area contributed by atoms with Gasteiger partial charge in [0, 0.05) is 44.4 Å². The molecule has 0 aliphatic carbocycles. The van der Waals surface area contributed by atoms with E-state index in [0.717, 1.165) is 18.4 Å². The van der Waals surface area contributed by atoms with E-state index < -0.39 is 0 Å². The normalized spacial score (nSPS) is 14.6. The minimum atomic E-state index is -0.00618. The minimum Gasteiger partial charge on any atom is -0.473 e. The molecule has 1 aliphatic rings. The molecule has 1 saturated heterocycles. The Kier molecular flexibility index (Phi) is 6.41. The Morgan fingerprint density at radius 1 is 1.19 bits per heavy atom. The van der Waals surface area contributed by atoms with Crippen LogP contribution in [0.4, 0.5) is 0 Å². The van der Waals surface area contributed by atoms with E-state index in [0.29, 0.717) is 43.6 Å². The molecule has 2 heterocycles. The van der Waals surface area contributed by atoms with E-state index in [9.17, 15) is 9.59 Å². The summed E-state index contributed by atoms with van der Waals surface area (Å²) >= 11 is 0. The summed E-state index contributed by atoms with van der Waals surface area (Å²) in [6, 6.07) is 13.3. The zero-order chi connectivity index (χ0) is 19.1. The second-order valence-electron chi connectivity index (χ2n) is 6.83. The Hall–Kier alpha value is -2.89. The lowest BCUT2D eigenvalue weighted by Gasteiger charge is -2.32. The molecule has 0 radical (unpaired) electrons. The third-order valence-corrected chi connectivity index (χ3v) is 4.75. The second kappa shape index (κ2) is 9.16. The van der Waals surface area contributed by atoms with Crippen molar-refractivity contribution in [1.82, 2.24) is 15.2 Å². The predicted octanol–water partition coefficient (Wildman–Crippen LogP) is 2.65. The maximum atomic E-state index is 12.8. The highest BCUT2D eigenvalue weighted by Crippen LogP contribution is 2.20. The molecular formula is C21H25N3O3. The van der Waals surface area contributed by atoms with Crippen molar-refractivity contribution in [3.05, 3.63) is 59.8 Å². The average molecular weight is 367 g/mol. The SMILES string of the molecule is CC(=O)NCC1CCN(C(=O)c2ccnc(OCc3ccccc3)c2)CC1. The van der Waals surface area contributed by atoms with Gasteiger partial charge >= 0.3 is 0 Å². The molecule has 2 aromatic rings. The lowest BCUT2D eigenvalue weighted by atomic mass is 9.96. The van der Waals surface area contributed by atoms with Crippen LogP contribution >= 0.6 is 0 Å². The molecule has 6 nitrogen and oxygen atoms in total. The quantitative estimate of drug-likeness (QED) is 0.852. The number of piperidine rings is 1. The summed E-state index contributed by atoms with van der Waals surface area (Å²) in [5, 5.41) is 2.86. The molecule has 142 valence electrons. The van der Waals surface area contributed by atoms with Crippen LogP contribution in [0.3, 0.4) is 0 Å². The van der Waals surface area contributed by atoms with Gasteiger partial charge in [0.2, 0.25) is 11.8 Å². The number of nitrogens with one attached hydrogen (secondary N) is 1. The first-order valence-corrected chi connectivity index (χ1v) is 9.28. The highest BCUT2D eigenvalue weighted by atomic mass is 16.5. The van der Waals surface area contributed by atoms with Crippen LogP contribution in [0.5, 0.6) is 5.88 Å². The molecule has 0 atom stereocenters. The van der Waals surface area contributed by atoms with Crippen molar-refractivity contribution < 1.29 is 14.3 Å². The fourth-order valence-corrected chi connectivity index (χ4v) is 3.16.